The molecule has 2 heterocycles. The van der Waals surface area contributed by atoms with Gasteiger partial charge in [-0.05, 0) is 64.6 Å². The number of esters is 1. The summed E-state index contributed by atoms with van der Waals surface area (Å²) < 4.78 is 5.72. The molecule has 1 aromatic carbocycles. The lowest BCUT2D eigenvalue weighted by atomic mass is 9.93. The molecular formula is C23H28ClN3O3S. The second-order valence-corrected chi connectivity index (χ2v) is 10.1. The van der Waals surface area contributed by atoms with Crippen LogP contribution in [0.3, 0.4) is 0 Å². The van der Waals surface area contributed by atoms with Crippen molar-refractivity contribution < 1.29 is 14.3 Å². The summed E-state index contributed by atoms with van der Waals surface area (Å²) >= 11 is 7.56. The van der Waals surface area contributed by atoms with Crippen LogP contribution >= 0.6 is 23.4 Å². The Labute approximate surface area is 192 Å². The molecule has 0 fully saturated rings. The third kappa shape index (κ3) is 5.52. The van der Waals surface area contributed by atoms with E-state index in [1.807, 2.05) is 64.0 Å². The first-order valence-corrected chi connectivity index (χ1v) is 11.4. The summed E-state index contributed by atoms with van der Waals surface area (Å²) in [6.45, 7) is 11.2. The Balaban J connectivity index is 2.04. The van der Waals surface area contributed by atoms with Crippen LogP contribution in [0.15, 0.2) is 51.6 Å². The standard InChI is InChI=1S/C23H28ClN3O3S/c1-13(2)25-18(28)11-17-12-31-22-26-14(3)19(21(29)30-23(4,5)6)20(27(17)22)15-7-9-16(24)10-8-15/h7-10,12-13,20H,11H2,1-6H3,(H,25,28)/t20-/m1/s1. The topological polar surface area (TPSA) is 71.0 Å². The molecule has 1 atom stereocenters. The van der Waals surface area contributed by atoms with Gasteiger partial charge in [0.15, 0.2) is 5.17 Å². The fraction of sp³-hybridized carbons (Fsp3) is 0.435. The number of ether oxygens (including phenoxy) is 1. The van der Waals surface area contributed by atoms with E-state index in [0.29, 0.717) is 16.3 Å². The largest absolute Gasteiger partial charge is 0.456 e. The highest BCUT2D eigenvalue weighted by atomic mass is 35.5. The molecule has 0 bridgehead atoms. The molecule has 0 aliphatic carbocycles. The first-order valence-electron chi connectivity index (χ1n) is 10.2. The Hall–Kier alpha value is -2.25. The zero-order valence-electron chi connectivity index (χ0n) is 18.7. The lowest BCUT2D eigenvalue weighted by Gasteiger charge is -2.37. The molecular weight excluding hydrogens is 434 g/mol. The van der Waals surface area contributed by atoms with E-state index in [4.69, 9.17) is 16.3 Å². The molecule has 3 rings (SSSR count). The molecule has 2 aliphatic heterocycles. The zero-order chi connectivity index (χ0) is 22.9. The number of amides is 1. The fourth-order valence-corrected chi connectivity index (χ4v) is 4.55. The van der Waals surface area contributed by atoms with E-state index in [9.17, 15) is 9.59 Å². The molecule has 8 heteroatoms. The number of carbonyl (C=O) groups excluding carboxylic acids is 2. The summed E-state index contributed by atoms with van der Waals surface area (Å²) in [5, 5.41) is 6.19. The summed E-state index contributed by atoms with van der Waals surface area (Å²) in [5.74, 6) is -0.501. The number of allylic oxidation sites excluding steroid dienone is 1. The average Bonchev–Trinajstić information content (AvgIpc) is 3.01. The van der Waals surface area contributed by atoms with Crippen molar-refractivity contribution in [2.24, 2.45) is 4.99 Å². The number of fused-ring (bicyclic) bond motifs is 1. The van der Waals surface area contributed by atoms with Crippen LogP contribution in [0.25, 0.3) is 0 Å². The van der Waals surface area contributed by atoms with Gasteiger partial charge in [0.1, 0.15) is 5.60 Å². The number of hydrogen-bond acceptors (Lipinski definition) is 6. The van der Waals surface area contributed by atoms with Crippen molar-refractivity contribution in [1.29, 1.82) is 0 Å². The number of carbonyl (C=O) groups is 2. The number of halogens is 1. The SMILES string of the molecule is CC1=C(C(=O)OC(C)(C)C)[C@@H](c2ccc(Cl)cc2)N2C(CC(=O)NC(C)C)=CSC2=N1. The van der Waals surface area contributed by atoms with E-state index in [0.717, 1.165) is 16.4 Å². The van der Waals surface area contributed by atoms with Crippen LogP contribution < -0.4 is 5.32 Å². The minimum absolute atomic E-state index is 0.0446. The van der Waals surface area contributed by atoms with Crippen molar-refractivity contribution in [1.82, 2.24) is 10.2 Å². The Morgan fingerprint density at radius 1 is 1.26 bits per heavy atom. The number of benzene rings is 1. The highest BCUT2D eigenvalue weighted by Gasteiger charge is 2.41. The van der Waals surface area contributed by atoms with Crippen LogP contribution in [0.5, 0.6) is 0 Å². The van der Waals surface area contributed by atoms with Crippen LogP contribution in [-0.2, 0) is 14.3 Å². The van der Waals surface area contributed by atoms with Crippen molar-refractivity contribution in [3.05, 3.63) is 57.2 Å². The van der Waals surface area contributed by atoms with Gasteiger partial charge in [-0.15, -0.1) is 0 Å². The predicted molar refractivity (Wildman–Crippen MR) is 126 cm³/mol. The van der Waals surface area contributed by atoms with Crippen molar-refractivity contribution in [3.8, 4) is 0 Å². The molecule has 2 aliphatic rings. The summed E-state index contributed by atoms with van der Waals surface area (Å²) in [7, 11) is 0. The minimum Gasteiger partial charge on any atom is -0.456 e. The second-order valence-electron chi connectivity index (χ2n) is 8.85. The van der Waals surface area contributed by atoms with E-state index in [2.05, 4.69) is 10.3 Å². The molecule has 0 aromatic heterocycles. The average molecular weight is 462 g/mol. The number of hydrogen-bond donors (Lipinski definition) is 1. The van der Waals surface area contributed by atoms with Crippen molar-refractivity contribution in [2.75, 3.05) is 0 Å². The van der Waals surface area contributed by atoms with E-state index in [-0.39, 0.29) is 18.4 Å². The van der Waals surface area contributed by atoms with Gasteiger partial charge in [0, 0.05) is 16.8 Å². The maximum Gasteiger partial charge on any atom is 0.338 e. The van der Waals surface area contributed by atoms with Crippen molar-refractivity contribution in [2.45, 2.75) is 65.6 Å². The first kappa shape index (κ1) is 23.4. The van der Waals surface area contributed by atoms with Gasteiger partial charge in [-0.2, -0.15) is 0 Å². The van der Waals surface area contributed by atoms with E-state index in [1.54, 1.807) is 12.1 Å². The van der Waals surface area contributed by atoms with Crippen LogP contribution in [0.1, 0.15) is 59.6 Å². The highest BCUT2D eigenvalue weighted by Crippen LogP contribution is 2.45. The van der Waals surface area contributed by atoms with E-state index in [1.165, 1.54) is 11.8 Å². The van der Waals surface area contributed by atoms with Gasteiger partial charge in [0.05, 0.1) is 23.7 Å². The number of nitrogens with one attached hydrogen (secondary N) is 1. The van der Waals surface area contributed by atoms with Crippen molar-refractivity contribution in [3.63, 3.8) is 0 Å². The van der Waals surface area contributed by atoms with Crippen LogP contribution in [0.2, 0.25) is 5.02 Å². The number of amidine groups is 1. The molecule has 1 amide bonds. The maximum atomic E-state index is 13.2. The summed E-state index contributed by atoms with van der Waals surface area (Å²) in [5.41, 5.74) is 2.08. The first-order chi connectivity index (χ1) is 14.5. The number of nitrogens with zero attached hydrogens (tertiary/aromatic N) is 2. The highest BCUT2D eigenvalue weighted by molar-refractivity contribution is 8.16. The Morgan fingerprint density at radius 3 is 2.48 bits per heavy atom. The summed E-state index contributed by atoms with van der Waals surface area (Å²) in [6, 6.07) is 6.95. The van der Waals surface area contributed by atoms with Gasteiger partial charge in [-0.1, -0.05) is 35.5 Å². The molecule has 0 saturated carbocycles. The summed E-state index contributed by atoms with van der Waals surface area (Å²) in [6.07, 6.45) is 0.189. The zero-order valence-corrected chi connectivity index (χ0v) is 20.2. The molecule has 0 radical (unpaired) electrons. The number of thioether (sulfide) groups is 1. The smallest absolute Gasteiger partial charge is 0.338 e. The number of rotatable bonds is 5. The molecule has 0 unspecified atom stereocenters. The van der Waals surface area contributed by atoms with Crippen LogP contribution in [0.4, 0.5) is 0 Å². The minimum atomic E-state index is -0.644. The number of aliphatic imine (C=N–C) groups is 1. The van der Waals surface area contributed by atoms with Crippen LogP contribution in [0, 0.1) is 0 Å². The molecule has 31 heavy (non-hydrogen) atoms. The molecule has 0 saturated heterocycles. The monoisotopic (exact) mass is 461 g/mol. The lowest BCUT2D eigenvalue weighted by molar-refractivity contribution is -0.150. The van der Waals surface area contributed by atoms with E-state index < -0.39 is 17.6 Å². The van der Waals surface area contributed by atoms with Gasteiger partial charge >= 0.3 is 5.97 Å². The molecule has 0 spiro atoms. The summed E-state index contributed by atoms with van der Waals surface area (Å²) in [4.78, 5) is 32.3. The van der Waals surface area contributed by atoms with Crippen molar-refractivity contribution >= 4 is 40.4 Å². The Kier molecular flexibility index (Phi) is 6.86. The third-order valence-corrected chi connectivity index (χ3v) is 5.74. The van der Waals surface area contributed by atoms with Gasteiger partial charge < -0.3 is 15.0 Å². The molecule has 6 nitrogen and oxygen atoms in total. The van der Waals surface area contributed by atoms with Gasteiger partial charge in [-0.25, -0.2) is 9.79 Å². The van der Waals surface area contributed by atoms with Gasteiger partial charge in [-0.3, -0.25) is 4.79 Å². The second kappa shape index (κ2) is 9.09. The predicted octanol–water partition coefficient (Wildman–Crippen LogP) is 5.17. The van der Waals surface area contributed by atoms with E-state index >= 15 is 0 Å². The Bertz CT molecular complexity index is 975. The van der Waals surface area contributed by atoms with Gasteiger partial charge in [0.25, 0.3) is 0 Å². The molecule has 1 aromatic rings. The Morgan fingerprint density at radius 2 is 1.90 bits per heavy atom. The maximum absolute atomic E-state index is 13.2. The quantitative estimate of drug-likeness (QED) is 0.612. The lowest BCUT2D eigenvalue weighted by Crippen LogP contribution is -2.39. The molecule has 166 valence electrons. The fourth-order valence-electron chi connectivity index (χ4n) is 3.46. The van der Waals surface area contributed by atoms with Gasteiger partial charge in [0.2, 0.25) is 5.91 Å². The molecule has 1 N–H and O–H groups in total. The third-order valence-electron chi connectivity index (χ3n) is 4.60. The normalized spacial score (nSPS) is 18.6. The van der Waals surface area contributed by atoms with Crippen LogP contribution in [-0.4, -0.2) is 33.6 Å².